The van der Waals surface area contributed by atoms with E-state index in [9.17, 15) is 4.79 Å². The first-order valence-corrected chi connectivity index (χ1v) is 9.81. The summed E-state index contributed by atoms with van der Waals surface area (Å²) in [6.45, 7) is 0.378. The lowest BCUT2D eigenvalue weighted by Gasteiger charge is -2.25. The zero-order valence-electron chi connectivity index (χ0n) is 13.6. The molecule has 1 saturated carbocycles. The summed E-state index contributed by atoms with van der Waals surface area (Å²) in [5, 5.41) is 2.75. The predicted molar refractivity (Wildman–Crippen MR) is 97.9 cm³/mol. The Labute approximate surface area is 155 Å². The standard InChI is InChI=1S/C18H19NO4S2/c20-18(22-11-4-3-5-12(24)8-11)13-10-25-17(19-13)16-9-21-14-6-1-2-7-15(14)23-16/h1-2,6-7,10-12,16,24H,3-5,8-9H2. The minimum absolute atomic E-state index is 0.0601. The van der Waals surface area contributed by atoms with Crippen LogP contribution in [-0.2, 0) is 4.74 Å². The fourth-order valence-corrected chi connectivity index (χ4v) is 4.33. The van der Waals surface area contributed by atoms with Gasteiger partial charge in [-0.05, 0) is 37.8 Å². The highest BCUT2D eigenvalue weighted by Gasteiger charge is 2.28. The molecule has 1 aromatic heterocycles. The molecule has 4 rings (SSSR count). The number of para-hydroxylation sites is 2. The van der Waals surface area contributed by atoms with Gasteiger partial charge in [0.05, 0.1) is 0 Å². The molecule has 132 valence electrons. The maximum Gasteiger partial charge on any atom is 0.358 e. The third-order valence-corrected chi connectivity index (χ3v) is 5.79. The largest absolute Gasteiger partial charge is 0.485 e. The number of carbonyl (C=O) groups is 1. The smallest absolute Gasteiger partial charge is 0.358 e. The summed E-state index contributed by atoms with van der Waals surface area (Å²) in [6, 6.07) is 7.53. The predicted octanol–water partition coefficient (Wildman–Crippen LogP) is 4.05. The highest BCUT2D eigenvalue weighted by molar-refractivity contribution is 7.80. The number of benzene rings is 1. The van der Waals surface area contributed by atoms with E-state index < -0.39 is 0 Å². The molecule has 1 aromatic carbocycles. The van der Waals surface area contributed by atoms with E-state index in [0.29, 0.717) is 23.3 Å². The number of thiol groups is 1. The van der Waals surface area contributed by atoms with Gasteiger partial charge < -0.3 is 14.2 Å². The summed E-state index contributed by atoms with van der Waals surface area (Å²) in [5.41, 5.74) is 0.337. The van der Waals surface area contributed by atoms with Gasteiger partial charge in [0.1, 0.15) is 17.7 Å². The topological polar surface area (TPSA) is 57.7 Å². The van der Waals surface area contributed by atoms with Crippen molar-refractivity contribution in [1.29, 1.82) is 0 Å². The van der Waals surface area contributed by atoms with E-state index in [1.54, 1.807) is 5.38 Å². The van der Waals surface area contributed by atoms with Crippen LogP contribution in [0, 0.1) is 0 Å². The molecule has 3 unspecified atom stereocenters. The average Bonchev–Trinajstić information content (AvgIpc) is 3.12. The second kappa shape index (κ2) is 7.25. The number of thiazole rings is 1. The quantitative estimate of drug-likeness (QED) is 0.646. The molecule has 1 fully saturated rings. The molecule has 0 amide bonds. The Morgan fingerprint density at radius 3 is 2.96 bits per heavy atom. The van der Waals surface area contributed by atoms with Gasteiger partial charge in [-0.2, -0.15) is 12.6 Å². The van der Waals surface area contributed by atoms with Gasteiger partial charge >= 0.3 is 5.97 Å². The van der Waals surface area contributed by atoms with Crippen LogP contribution < -0.4 is 9.47 Å². The lowest BCUT2D eigenvalue weighted by molar-refractivity contribution is 0.0211. The van der Waals surface area contributed by atoms with Gasteiger partial charge in [-0.1, -0.05) is 12.1 Å². The van der Waals surface area contributed by atoms with Gasteiger partial charge in [-0.15, -0.1) is 11.3 Å². The third kappa shape index (κ3) is 3.77. The molecular weight excluding hydrogens is 358 g/mol. The summed E-state index contributed by atoms with van der Waals surface area (Å²) >= 11 is 5.88. The molecule has 2 aromatic rings. The average molecular weight is 377 g/mol. The monoisotopic (exact) mass is 377 g/mol. The van der Waals surface area contributed by atoms with Crippen molar-refractivity contribution in [3.8, 4) is 11.5 Å². The summed E-state index contributed by atoms with van der Waals surface area (Å²) in [7, 11) is 0. The number of rotatable bonds is 3. The number of hydrogen-bond acceptors (Lipinski definition) is 7. The lowest BCUT2D eigenvalue weighted by Crippen LogP contribution is -2.26. The molecule has 0 saturated heterocycles. The van der Waals surface area contributed by atoms with Crippen LogP contribution in [0.1, 0.15) is 47.3 Å². The van der Waals surface area contributed by atoms with Crippen LogP contribution in [0.2, 0.25) is 0 Å². The van der Waals surface area contributed by atoms with Crippen molar-refractivity contribution in [2.24, 2.45) is 0 Å². The molecule has 0 spiro atoms. The van der Waals surface area contributed by atoms with Crippen molar-refractivity contribution in [3.05, 3.63) is 40.3 Å². The van der Waals surface area contributed by atoms with Gasteiger partial charge in [0, 0.05) is 10.6 Å². The number of fused-ring (bicyclic) bond motifs is 1. The third-order valence-electron chi connectivity index (χ3n) is 4.39. The lowest BCUT2D eigenvalue weighted by atomic mass is 9.97. The summed E-state index contributed by atoms with van der Waals surface area (Å²) in [6.07, 6.45) is 3.46. The van der Waals surface area contributed by atoms with E-state index in [1.807, 2.05) is 24.3 Å². The molecule has 2 aliphatic rings. The fraction of sp³-hybridized carbons (Fsp3) is 0.444. The molecule has 3 atom stereocenters. The fourth-order valence-electron chi connectivity index (χ4n) is 3.11. The first-order valence-electron chi connectivity index (χ1n) is 8.42. The number of aromatic nitrogens is 1. The molecule has 5 nitrogen and oxygen atoms in total. The van der Waals surface area contributed by atoms with Gasteiger partial charge in [0.15, 0.2) is 23.3 Å². The summed E-state index contributed by atoms with van der Waals surface area (Å²) in [5.74, 6) is 1.06. The van der Waals surface area contributed by atoms with Crippen molar-refractivity contribution in [1.82, 2.24) is 4.98 Å². The first kappa shape index (κ1) is 16.7. The van der Waals surface area contributed by atoms with Gasteiger partial charge in [-0.3, -0.25) is 0 Å². The number of esters is 1. The first-order chi connectivity index (χ1) is 12.2. The zero-order valence-corrected chi connectivity index (χ0v) is 15.3. The van der Waals surface area contributed by atoms with Crippen molar-refractivity contribution in [3.63, 3.8) is 0 Å². The normalized spacial score (nSPS) is 25.4. The van der Waals surface area contributed by atoms with Crippen LogP contribution in [-0.4, -0.2) is 28.9 Å². The highest BCUT2D eigenvalue weighted by Crippen LogP contribution is 2.36. The Bertz CT molecular complexity index is 763. The molecule has 7 heteroatoms. The minimum Gasteiger partial charge on any atom is -0.485 e. The van der Waals surface area contributed by atoms with Gasteiger partial charge in [0.2, 0.25) is 0 Å². The van der Waals surface area contributed by atoms with E-state index in [0.717, 1.165) is 36.4 Å². The second-order valence-electron chi connectivity index (χ2n) is 6.28. The van der Waals surface area contributed by atoms with Crippen molar-refractivity contribution in [2.75, 3.05) is 6.61 Å². The number of ether oxygens (including phenoxy) is 3. The Kier molecular flexibility index (Phi) is 4.85. The molecule has 0 radical (unpaired) electrons. The Hall–Kier alpha value is -1.73. The summed E-state index contributed by atoms with van der Waals surface area (Å²) < 4.78 is 17.2. The molecular formula is C18H19NO4S2. The molecule has 0 bridgehead atoms. The highest BCUT2D eigenvalue weighted by atomic mass is 32.1. The Balaban J connectivity index is 1.41. The molecule has 1 aliphatic heterocycles. The van der Waals surface area contributed by atoms with E-state index in [4.69, 9.17) is 14.2 Å². The van der Waals surface area contributed by atoms with E-state index in [2.05, 4.69) is 17.6 Å². The van der Waals surface area contributed by atoms with Crippen LogP contribution in [0.25, 0.3) is 0 Å². The van der Waals surface area contributed by atoms with Crippen LogP contribution >= 0.6 is 24.0 Å². The van der Waals surface area contributed by atoms with Crippen LogP contribution in [0.5, 0.6) is 11.5 Å². The van der Waals surface area contributed by atoms with Crippen molar-refractivity contribution >= 4 is 29.9 Å². The van der Waals surface area contributed by atoms with E-state index in [-0.39, 0.29) is 18.2 Å². The van der Waals surface area contributed by atoms with Crippen molar-refractivity contribution in [2.45, 2.75) is 43.1 Å². The van der Waals surface area contributed by atoms with Gasteiger partial charge in [-0.25, -0.2) is 9.78 Å². The number of hydrogen-bond donors (Lipinski definition) is 1. The zero-order chi connectivity index (χ0) is 17.2. The minimum atomic E-state index is -0.368. The van der Waals surface area contributed by atoms with Crippen LogP contribution in [0.4, 0.5) is 0 Å². The maximum absolute atomic E-state index is 12.3. The van der Waals surface area contributed by atoms with Crippen molar-refractivity contribution < 1.29 is 19.0 Å². The number of carbonyl (C=O) groups excluding carboxylic acids is 1. The van der Waals surface area contributed by atoms with Crippen LogP contribution in [0.3, 0.4) is 0 Å². The Morgan fingerprint density at radius 1 is 1.28 bits per heavy atom. The molecule has 0 N–H and O–H groups in total. The Morgan fingerprint density at radius 2 is 2.12 bits per heavy atom. The van der Waals surface area contributed by atoms with E-state index in [1.165, 1.54) is 11.3 Å². The van der Waals surface area contributed by atoms with Gasteiger partial charge in [0.25, 0.3) is 0 Å². The van der Waals surface area contributed by atoms with Crippen LogP contribution in [0.15, 0.2) is 29.6 Å². The number of nitrogens with zero attached hydrogens (tertiary/aromatic N) is 1. The van der Waals surface area contributed by atoms with E-state index >= 15 is 0 Å². The SMILES string of the molecule is O=C(OC1CCCC(S)C1)c1csc(C2COc3ccccc3O2)n1. The maximum atomic E-state index is 12.3. The summed E-state index contributed by atoms with van der Waals surface area (Å²) in [4.78, 5) is 16.8. The molecule has 1 aliphatic carbocycles. The molecule has 2 heterocycles. The molecule has 25 heavy (non-hydrogen) atoms. The second-order valence-corrected chi connectivity index (χ2v) is 7.90.